The zero-order valence-electron chi connectivity index (χ0n) is 14.0. The van der Waals surface area contributed by atoms with Gasteiger partial charge in [-0.25, -0.2) is 14.6 Å². The number of aliphatic carboxylic acids is 1. The molecular weight excluding hydrogens is 330 g/mol. The van der Waals surface area contributed by atoms with E-state index in [-0.39, 0.29) is 30.0 Å². The number of hydrogen-bond acceptors (Lipinski definition) is 5. The highest BCUT2D eigenvalue weighted by atomic mass is 16.4. The number of carbonyl (C=O) groups is 2. The van der Waals surface area contributed by atoms with E-state index in [4.69, 9.17) is 5.11 Å². The van der Waals surface area contributed by atoms with E-state index in [0.717, 1.165) is 4.57 Å². The van der Waals surface area contributed by atoms with E-state index in [2.05, 4.69) is 4.98 Å². The number of nitrogens with zero attached hydrogens (tertiary/aromatic N) is 5. The lowest BCUT2D eigenvalue weighted by Gasteiger charge is -2.21. The van der Waals surface area contributed by atoms with E-state index in [0.29, 0.717) is 19.4 Å². The average Bonchev–Trinajstić information content (AvgIpc) is 3.22. The quantitative estimate of drug-likeness (QED) is 0.748. The van der Waals surface area contributed by atoms with Crippen molar-refractivity contribution in [3.8, 4) is 0 Å². The van der Waals surface area contributed by atoms with Crippen molar-refractivity contribution in [3.05, 3.63) is 27.2 Å². The minimum absolute atomic E-state index is 0.0568. The Hall–Kier alpha value is -2.91. The second-order valence-electron chi connectivity index (χ2n) is 6.15. The highest BCUT2D eigenvalue weighted by Gasteiger charge is 2.33. The summed E-state index contributed by atoms with van der Waals surface area (Å²) in [5.74, 6) is -1.27. The summed E-state index contributed by atoms with van der Waals surface area (Å²) in [5.41, 5.74) is -0.452. The lowest BCUT2D eigenvalue weighted by atomic mass is 10.2. The summed E-state index contributed by atoms with van der Waals surface area (Å²) in [4.78, 5) is 53.3. The first-order valence-corrected chi connectivity index (χ1v) is 7.96. The number of carboxylic acids is 1. The molecular formula is C15H19N5O5. The van der Waals surface area contributed by atoms with Crippen LogP contribution in [-0.4, -0.2) is 53.2 Å². The molecule has 0 radical (unpaired) electrons. The Bertz CT molecular complexity index is 969. The third-order valence-electron chi connectivity index (χ3n) is 4.64. The standard InChI is InChI=1S/C15H19N5O5/c1-17-12-11(13(22)18(2)15(17)25)19(8-16-12)7-5-10(21)20-6-3-4-9(20)14(23)24/h8-9H,3-7H2,1-2H3,(H,23,24)/t9-/m0/s1. The molecule has 1 aliphatic rings. The molecule has 1 saturated heterocycles. The maximum absolute atomic E-state index is 12.4. The van der Waals surface area contributed by atoms with Crippen LogP contribution in [0.15, 0.2) is 15.9 Å². The van der Waals surface area contributed by atoms with Gasteiger partial charge in [0.2, 0.25) is 5.91 Å². The van der Waals surface area contributed by atoms with Crippen LogP contribution in [-0.2, 0) is 30.2 Å². The van der Waals surface area contributed by atoms with Crippen LogP contribution in [0, 0.1) is 0 Å². The number of imidazole rings is 1. The molecule has 0 bridgehead atoms. The number of rotatable bonds is 4. The molecule has 25 heavy (non-hydrogen) atoms. The summed E-state index contributed by atoms with van der Waals surface area (Å²) < 4.78 is 3.79. The van der Waals surface area contributed by atoms with Gasteiger partial charge < -0.3 is 14.6 Å². The van der Waals surface area contributed by atoms with Gasteiger partial charge in [-0.3, -0.25) is 18.7 Å². The van der Waals surface area contributed by atoms with E-state index in [1.54, 1.807) is 0 Å². The molecule has 1 atom stereocenters. The molecule has 2 aromatic rings. The molecule has 1 amide bonds. The molecule has 10 nitrogen and oxygen atoms in total. The van der Waals surface area contributed by atoms with Crippen LogP contribution in [0.5, 0.6) is 0 Å². The molecule has 3 heterocycles. The number of fused-ring (bicyclic) bond motifs is 1. The van der Waals surface area contributed by atoms with E-state index in [1.165, 1.54) is 34.5 Å². The SMILES string of the molecule is Cn1c(=O)c2c(ncn2CCC(=O)N2CCC[C@H]2C(=O)O)n(C)c1=O. The second kappa shape index (κ2) is 6.19. The Labute approximate surface area is 141 Å². The van der Waals surface area contributed by atoms with Gasteiger partial charge >= 0.3 is 11.7 Å². The average molecular weight is 349 g/mol. The zero-order chi connectivity index (χ0) is 18.3. The minimum atomic E-state index is -0.997. The van der Waals surface area contributed by atoms with Gasteiger partial charge in [-0.15, -0.1) is 0 Å². The van der Waals surface area contributed by atoms with Crippen molar-refractivity contribution < 1.29 is 14.7 Å². The van der Waals surface area contributed by atoms with Gasteiger partial charge in [-0.05, 0) is 12.8 Å². The first kappa shape index (κ1) is 16.9. The highest BCUT2D eigenvalue weighted by molar-refractivity contribution is 5.84. The van der Waals surface area contributed by atoms with Gasteiger partial charge in [0.05, 0.1) is 6.33 Å². The van der Waals surface area contributed by atoms with Crippen molar-refractivity contribution in [1.29, 1.82) is 0 Å². The predicted octanol–water partition coefficient (Wildman–Crippen LogP) is -1.10. The van der Waals surface area contributed by atoms with Gasteiger partial charge in [0.15, 0.2) is 11.2 Å². The van der Waals surface area contributed by atoms with Crippen molar-refractivity contribution in [2.24, 2.45) is 14.1 Å². The van der Waals surface area contributed by atoms with E-state index in [1.807, 2.05) is 0 Å². The smallest absolute Gasteiger partial charge is 0.332 e. The molecule has 10 heteroatoms. The molecule has 1 aliphatic heterocycles. The molecule has 134 valence electrons. The Morgan fingerprint density at radius 3 is 2.68 bits per heavy atom. The summed E-state index contributed by atoms with van der Waals surface area (Å²) in [6.45, 7) is 0.613. The Morgan fingerprint density at radius 1 is 1.28 bits per heavy atom. The van der Waals surface area contributed by atoms with Crippen LogP contribution in [0.3, 0.4) is 0 Å². The first-order chi connectivity index (χ1) is 11.8. The van der Waals surface area contributed by atoms with Gasteiger partial charge in [-0.2, -0.15) is 0 Å². The Morgan fingerprint density at radius 2 is 2.00 bits per heavy atom. The highest BCUT2D eigenvalue weighted by Crippen LogP contribution is 2.19. The van der Waals surface area contributed by atoms with Crippen molar-refractivity contribution in [2.45, 2.75) is 31.8 Å². The normalized spacial score (nSPS) is 17.4. The van der Waals surface area contributed by atoms with Crippen LogP contribution < -0.4 is 11.2 Å². The van der Waals surface area contributed by atoms with Crippen molar-refractivity contribution in [3.63, 3.8) is 0 Å². The first-order valence-electron chi connectivity index (χ1n) is 7.96. The lowest BCUT2D eigenvalue weighted by Crippen LogP contribution is -2.40. The Balaban J connectivity index is 1.85. The van der Waals surface area contributed by atoms with Gasteiger partial charge in [0, 0.05) is 33.6 Å². The van der Waals surface area contributed by atoms with Crippen LogP contribution in [0.2, 0.25) is 0 Å². The van der Waals surface area contributed by atoms with Gasteiger partial charge in [0.1, 0.15) is 6.04 Å². The predicted molar refractivity (Wildman–Crippen MR) is 87.2 cm³/mol. The molecule has 3 rings (SSSR count). The van der Waals surface area contributed by atoms with Crippen LogP contribution in [0.1, 0.15) is 19.3 Å². The fraction of sp³-hybridized carbons (Fsp3) is 0.533. The van der Waals surface area contributed by atoms with Crippen molar-refractivity contribution >= 4 is 23.0 Å². The monoisotopic (exact) mass is 349 g/mol. The van der Waals surface area contributed by atoms with Gasteiger partial charge in [0.25, 0.3) is 5.56 Å². The van der Waals surface area contributed by atoms with E-state index < -0.39 is 23.3 Å². The summed E-state index contributed by atoms with van der Waals surface area (Å²) in [5, 5.41) is 9.16. The number of aryl methyl sites for hydroxylation is 2. The molecule has 0 spiro atoms. The molecule has 0 unspecified atom stereocenters. The summed E-state index contributed by atoms with van der Waals surface area (Å²) in [6, 6.07) is -0.777. The number of aromatic nitrogens is 4. The molecule has 1 fully saturated rings. The fourth-order valence-corrected chi connectivity index (χ4v) is 3.25. The number of hydrogen-bond donors (Lipinski definition) is 1. The van der Waals surface area contributed by atoms with Gasteiger partial charge in [-0.1, -0.05) is 0 Å². The number of likely N-dealkylation sites (tertiary alicyclic amines) is 1. The van der Waals surface area contributed by atoms with Crippen LogP contribution in [0.25, 0.3) is 11.2 Å². The third-order valence-corrected chi connectivity index (χ3v) is 4.64. The summed E-state index contributed by atoms with van der Waals surface area (Å²) in [6.07, 6.45) is 2.59. The molecule has 1 N–H and O–H groups in total. The lowest BCUT2D eigenvalue weighted by molar-refractivity contribution is -0.148. The topological polar surface area (TPSA) is 119 Å². The van der Waals surface area contributed by atoms with Crippen LogP contribution in [0.4, 0.5) is 0 Å². The van der Waals surface area contributed by atoms with E-state index in [9.17, 15) is 19.2 Å². The van der Waals surface area contributed by atoms with Crippen molar-refractivity contribution in [1.82, 2.24) is 23.6 Å². The largest absolute Gasteiger partial charge is 0.480 e. The third kappa shape index (κ3) is 2.73. The number of carbonyl (C=O) groups excluding carboxylic acids is 1. The Kier molecular flexibility index (Phi) is 4.19. The maximum Gasteiger partial charge on any atom is 0.332 e. The summed E-state index contributed by atoms with van der Waals surface area (Å²) in [7, 11) is 2.91. The number of carboxylic acid groups (broad SMARTS) is 1. The molecule has 0 saturated carbocycles. The summed E-state index contributed by atoms with van der Waals surface area (Å²) >= 11 is 0. The maximum atomic E-state index is 12.4. The molecule has 0 aromatic carbocycles. The molecule has 0 aliphatic carbocycles. The van der Waals surface area contributed by atoms with E-state index >= 15 is 0 Å². The van der Waals surface area contributed by atoms with Crippen LogP contribution >= 0.6 is 0 Å². The second-order valence-corrected chi connectivity index (χ2v) is 6.15. The fourth-order valence-electron chi connectivity index (χ4n) is 3.25. The number of amides is 1. The molecule has 2 aromatic heterocycles. The zero-order valence-corrected chi connectivity index (χ0v) is 14.0. The minimum Gasteiger partial charge on any atom is -0.480 e. The van der Waals surface area contributed by atoms with Crippen molar-refractivity contribution in [2.75, 3.05) is 6.54 Å².